The van der Waals surface area contributed by atoms with Crippen LogP contribution < -0.4 is 5.32 Å². The Kier molecular flexibility index (Phi) is 4.70. The van der Waals surface area contributed by atoms with Crippen LogP contribution in [0.25, 0.3) is 0 Å². The monoisotopic (exact) mass is 185 g/mol. The Hall–Kier alpha value is -0.830. The third-order valence-corrected chi connectivity index (χ3v) is 1.69. The third-order valence-electron chi connectivity index (χ3n) is 1.69. The van der Waals surface area contributed by atoms with Gasteiger partial charge in [-0.05, 0) is 18.4 Å². The Balaban J connectivity index is 3.47. The molecule has 3 nitrogen and oxygen atoms in total. The van der Waals surface area contributed by atoms with Crippen molar-refractivity contribution in [3.63, 3.8) is 0 Å². The van der Waals surface area contributed by atoms with Gasteiger partial charge in [0.2, 0.25) is 0 Å². The predicted molar refractivity (Wildman–Crippen MR) is 53.7 cm³/mol. The Labute approximate surface area is 79.8 Å². The highest BCUT2D eigenvalue weighted by atomic mass is 16.4. The van der Waals surface area contributed by atoms with Gasteiger partial charge in [-0.25, -0.2) is 4.79 Å². The number of aliphatic carboxylic acids is 1. The van der Waals surface area contributed by atoms with Crippen LogP contribution in [0.2, 0.25) is 0 Å². The van der Waals surface area contributed by atoms with Gasteiger partial charge >= 0.3 is 5.97 Å². The highest BCUT2D eigenvalue weighted by Crippen LogP contribution is 2.16. The second-order valence-corrected chi connectivity index (χ2v) is 4.40. The summed E-state index contributed by atoms with van der Waals surface area (Å²) in [6.07, 6.45) is 1.03. The molecule has 3 heteroatoms. The largest absolute Gasteiger partial charge is 0.478 e. The molecule has 0 bridgehead atoms. The molecule has 0 aromatic carbocycles. The molecule has 0 fully saturated rings. The van der Waals surface area contributed by atoms with E-state index in [0.29, 0.717) is 6.54 Å². The van der Waals surface area contributed by atoms with Crippen molar-refractivity contribution in [1.29, 1.82) is 0 Å². The number of nitrogens with one attached hydrogen (secondary N) is 1. The topological polar surface area (TPSA) is 49.3 Å². The van der Waals surface area contributed by atoms with Crippen LogP contribution >= 0.6 is 0 Å². The van der Waals surface area contributed by atoms with Gasteiger partial charge in [0.05, 0.1) is 0 Å². The standard InChI is InChI=1S/C10H19NO2/c1-8(9(12)13)7-11-6-5-10(2,3)4/h11H,1,5-7H2,2-4H3,(H,12,13). The second-order valence-electron chi connectivity index (χ2n) is 4.40. The lowest BCUT2D eigenvalue weighted by molar-refractivity contribution is -0.132. The van der Waals surface area contributed by atoms with E-state index in [1.165, 1.54) is 0 Å². The van der Waals surface area contributed by atoms with Crippen LogP contribution in [-0.2, 0) is 4.79 Å². The van der Waals surface area contributed by atoms with Crippen molar-refractivity contribution >= 4 is 5.97 Å². The van der Waals surface area contributed by atoms with E-state index in [2.05, 4.69) is 32.7 Å². The SMILES string of the molecule is C=C(CNCCC(C)(C)C)C(=O)O. The summed E-state index contributed by atoms with van der Waals surface area (Å²) in [6.45, 7) is 11.1. The first-order valence-electron chi connectivity index (χ1n) is 4.45. The molecule has 0 amide bonds. The molecule has 0 aromatic rings. The summed E-state index contributed by atoms with van der Waals surface area (Å²) in [5.74, 6) is -0.928. The van der Waals surface area contributed by atoms with E-state index < -0.39 is 5.97 Å². The van der Waals surface area contributed by atoms with Gasteiger partial charge in [-0.2, -0.15) is 0 Å². The van der Waals surface area contributed by atoms with Crippen LogP contribution in [0.4, 0.5) is 0 Å². The maximum Gasteiger partial charge on any atom is 0.332 e. The molecule has 0 aliphatic heterocycles. The first-order valence-corrected chi connectivity index (χ1v) is 4.45. The summed E-state index contributed by atoms with van der Waals surface area (Å²) in [4.78, 5) is 10.4. The molecule has 0 aliphatic carbocycles. The molecule has 0 rings (SSSR count). The molecule has 0 atom stereocenters. The van der Waals surface area contributed by atoms with Crippen molar-refractivity contribution in [3.05, 3.63) is 12.2 Å². The minimum atomic E-state index is -0.928. The summed E-state index contributed by atoms with van der Waals surface area (Å²) in [6, 6.07) is 0. The van der Waals surface area contributed by atoms with E-state index in [1.54, 1.807) is 0 Å². The maximum absolute atomic E-state index is 10.4. The fourth-order valence-corrected chi connectivity index (χ4v) is 0.778. The van der Waals surface area contributed by atoms with Crippen LogP contribution in [0.1, 0.15) is 27.2 Å². The van der Waals surface area contributed by atoms with Crippen LogP contribution in [-0.4, -0.2) is 24.2 Å². The molecule has 76 valence electrons. The van der Waals surface area contributed by atoms with E-state index in [1.807, 2.05) is 0 Å². The smallest absolute Gasteiger partial charge is 0.332 e. The normalized spacial score (nSPS) is 11.3. The zero-order valence-electron chi connectivity index (χ0n) is 8.68. The van der Waals surface area contributed by atoms with Crippen molar-refractivity contribution in [1.82, 2.24) is 5.32 Å². The molecule has 0 radical (unpaired) electrons. The van der Waals surface area contributed by atoms with Crippen molar-refractivity contribution in [2.24, 2.45) is 5.41 Å². The van der Waals surface area contributed by atoms with Crippen molar-refractivity contribution in [2.45, 2.75) is 27.2 Å². The molecule has 0 spiro atoms. The van der Waals surface area contributed by atoms with E-state index in [0.717, 1.165) is 13.0 Å². The Bertz CT molecular complexity index is 192. The number of carbonyl (C=O) groups is 1. The van der Waals surface area contributed by atoms with Crippen LogP contribution in [0, 0.1) is 5.41 Å². The van der Waals surface area contributed by atoms with Gasteiger partial charge in [0.15, 0.2) is 0 Å². The minimum absolute atomic E-state index is 0.217. The molecular weight excluding hydrogens is 166 g/mol. The number of rotatable bonds is 5. The van der Waals surface area contributed by atoms with Gasteiger partial charge in [-0.15, -0.1) is 0 Å². The summed E-state index contributed by atoms with van der Waals surface area (Å²) < 4.78 is 0. The highest BCUT2D eigenvalue weighted by molar-refractivity contribution is 5.86. The van der Waals surface area contributed by atoms with E-state index >= 15 is 0 Å². The molecule has 0 saturated heterocycles. The van der Waals surface area contributed by atoms with E-state index in [4.69, 9.17) is 5.11 Å². The molecule has 0 aromatic heterocycles. The average Bonchev–Trinajstić information content (AvgIpc) is 1.95. The van der Waals surface area contributed by atoms with Gasteiger partial charge in [-0.3, -0.25) is 0 Å². The van der Waals surface area contributed by atoms with Gasteiger partial charge in [0.1, 0.15) is 0 Å². The molecule has 0 saturated carbocycles. The lowest BCUT2D eigenvalue weighted by Crippen LogP contribution is -2.24. The van der Waals surface area contributed by atoms with E-state index in [9.17, 15) is 4.79 Å². The molecule has 0 unspecified atom stereocenters. The van der Waals surface area contributed by atoms with Crippen LogP contribution in [0.5, 0.6) is 0 Å². The number of hydrogen-bond acceptors (Lipinski definition) is 2. The minimum Gasteiger partial charge on any atom is -0.478 e. The summed E-state index contributed by atoms with van der Waals surface area (Å²) in [7, 11) is 0. The van der Waals surface area contributed by atoms with Gasteiger partial charge in [0.25, 0.3) is 0 Å². The fraction of sp³-hybridized carbons (Fsp3) is 0.700. The maximum atomic E-state index is 10.4. The fourth-order valence-electron chi connectivity index (χ4n) is 0.778. The first-order chi connectivity index (χ1) is 5.83. The van der Waals surface area contributed by atoms with Crippen molar-refractivity contribution in [3.8, 4) is 0 Å². The highest BCUT2D eigenvalue weighted by Gasteiger charge is 2.09. The Morgan fingerprint density at radius 1 is 1.46 bits per heavy atom. The Morgan fingerprint density at radius 3 is 2.38 bits per heavy atom. The molecule has 2 N–H and O–H groups in total. The number of hydrogen-bond donors (Lipinski definition) is 2. The van der Waals surface area contributed by atoms with Gasteiger partial charge < -0.3 is 10.4 Å². The van der Waals surface area contributed by atoms with Crippen LogP contribution in [0.15, 0.2) is 12.2 Å². The number of carboxylic acids is 1. The quantitative estimate of drug-likeness (QED) is 0.506. The van der Waals surface area contributed by atoms with Gasteiger partial charge in [0, 0.05) is 12.1 Å². The van der Waals surface area contributed by atoms with Crippen LogP contribution in [0.3, 0.4) is 0 Å². The van der Waals surface area contributed by atoms with Crippen molar-refractivity contribution in [2.75, 3.05) is 13.1 Å². The summed E-state index contributed by atoms with van der Waals surface area (Å²) >= 11 is 0. The zero-order valence-corrected chi connectivity index (χ0v) is 8.68. The summed E-state index contributed by atoms with van der Waals surface area (Å²) in [5.41, 5.74) is 0.506. The molecule has 0 aliphatic rings. The zero-order chi connectivity index (χ0) is 10.5. The molecule has 13 heavy (non-hydrogen) atoms. The lowest BCUT2D eigenvalue weighted by atomic mass is 9.92. The Morgan fingerprint density at radius 2 is 2.00 bits per heavy atom. The third kappa shape index (κ3) is 7.53. The second kappa shape index (κ2) is 5.02. The van der Waals surface area contributed by atoms with E-state index in [-0.39, 0.29) is 11.0 Å². The first kappa shape index (κ1) is 12.2. The molecule has 0 heterocycles. The molecular formula is C10H19NO2. The average molecular weight is 185 g/mol. The predicted octanol–water partition coefficient (Wildman–Crippen LogP) is 1.65. The van der Waals surface area contributed by atoms with Gasteiger partial charge in [-0.1, -0.05) is 27.4 Å². The number of carboxylic acid groups (broad SMARTS) is 1. The lowest BCUT2D eigenvalue weighted by Gasteiger charge is -2.17. The van der Waals surface area contributed by atoms with Crippen molar-refractivity contribution < 1.29 is 9.90 Å². The summed E-state index contributed by atoms with van der Waals surface area (Å²) in [5, 5.41) is 11.5.